The molecule has 0 amide bonds. The molecule has 0 aliphatic carbocycles. The molecule has 17 heavy (non-hydrogen) atoms. The summed E-state index contributed by atoms with van der Waals surface area (Å²) < 4.78 is 13.4. The molecule has 94 valence electrons. The van der Waals surface area contributed by atoms with Crippen molar-refractivity contribution < 1.29 is 9.31 Å². The topological polar surface area (TPSA) is 67.2 Å². The number of anilines is 1. The third-order valence-electron chi connectivity index (χ3n) is 2.10. The Balaban J connectivity index is 2.81. The van der Waals surface area contributed by atoms with Gasteiger partial charge in [-0.2, -0.15) is 0 Å². The predicted molar refractivity (Wildman–Crippen MR) is 67.8 cm³/mol. The Bertz CT molecular complexity index is 415. The highest BCUT2D eigenvalue weighted by molar-refractivity contribution is 9.10. The van der Waals surface area contributed by atoms with Gasteiger partial charge in [-0.05, 0) is 22.5 Å². The molecular formula is C10H13BrFN3O2. The summed E-state index contributed by atoms with van der Waals surface area (Å²) in [6, 6.07) is 2.28. The van der Waals surface area contributed by atoms with E-state index in [1.54, 1.807) is 0 Å². The summed E-state index contributed by atoms with van der Waals surface area (Å²) in [5.74, 6) is -0.526. The Morgan fingerprint density at radius 1 is 1.47 bits per heavy atom. The quantitative estimate of drug-likeness (QED) is 0.481. The van der Waals surface area contributed by atoms with Gasteiger partial charge >= 0.3 is 0 Å². The van der Waals surface area contributed by atoms with Crippen molar-refractivity contribution in [2.75, 3.05) is 25.0 Å². The predicted octanol–water partition coefficient (Wildman–Crippen LogP) is 2.52. The van der Waals surface area contributed by atoms with Crippen LogP contribution in [0.1, 0.15) is 6.92 Å². The largest absolute Gasteiger partial charge is 0.378 e. The highest BCUT2D eigenvalue weighted by Crippen LogP contribution is 2.30. The smallest absolute Gasteiger partial charge is 0.293 e. The van der Waals surface area contributed by atoms with E-state index in [1.807, 2.05) is 6.92 Å². The van der Waals surface area contributed by atoms with Crippen LogP contribution in [0.4, 0.5) is 15.8 Å². The zero-order valence-electron chi connectivity index (χ0n) is 9.30. The molecule has 2 N–H and O–H groups in total. The minimum absolute atomic E-state index is 0.0847. The first-order valence-electron chi connectivity index (χ1n) is 5.14. The minimum atomic E-state index is -0.542. The molecule has 1 aromatic rings. The maximum atomic E-state index is 13.3. The van der Waals surface area contributed by atoms with Gasteiger partial charge in [-0.15, -0.1) is 0 Å². The number of hydrogen-bond acceptors (Lipinski definition) is 4. The van der Waals surface area contributed by atoms with Crippen LogP contribution in [0.2, 0.25) is 0 Å². The normalized spacial score (nSPS) is 10.3. The third kappa shape index (κ3) is 3.94. The monoisotopic (exact) mass is 305 g/mol. The van der Waals surface area contributed by atoms with E-state index in [9.17, 15) is 14.5 Å². The van der Waals surface area contributed by atoms with Crippen molar-refractivity contribution in [2.45, 2.75) is 6.92 Å². The molecule has 0 unspecified atom stereocenters. The number of nitro groups is 1. The third-order valence-corrected chi connectivity index (χ3v) is 2.71. The highest BCUT2D eigenvalue weighted by atomic mass is 79.9. The van der Waals surface area contributed by atoms with Crippen molar-refractivity contribution in [1.29, 1.82) is 0 Å². The zero-order valence-corrected chi connectivity index (χ0v) is 10.9. The second kappa shape index (κ2) is 6.51. The number of rotatable bonds is 6. The summed E-state index contributed by atoms with van der Waals surface area (Å²) in [6.07, 6.45) is 0. The van der Waals surface area contributed by atoms with Gasteiger partial charge in [-0.1, -0.05) is 6.92 Å². The van der Waals surface area contributed by atoms with Gasteiger partial charge in [0, 0.05) is 25.2 Å². The molecule has 0 aromatic heterocycles. The van der Waals surface area contributed by atoms with Gasteiger partial charge in [0.15, 0.2) is 0 Å². The molecule has 0 aliphatic heterocycles. The molecule has 5 nitrogen and oxygen atoms in total. The van der Waals surface area contributed by atoms with Gasteiger partial charge < -0.3 is 10.6 Å². The highest BCUT2D eigenvalue weighted by Gasteiger charge is 2.16. The van der Waals surface area contributed by atoms with Crippen LogP contribution >= 0.6 is 15.9 Å². The zero-order chi connectivity index (χ0) is 12.8. The van der Waals surface area contributed by atoms with Gasteiger partial charge in [0.2, 0.25) is 0 Å². The number of benzene rings is 1. The second-order valence-corrected chi connectivity index (χ2v) is 4.18. The maximum Gasteiger partial charge on any atom is 0.293 e. The van der Waals surface area contributed by atoms with E-state index in [1.165, 1.54) is 0 Å². The van der Waals surface area contributed by atoms with Gasteiger partial charge in [-0.25, -0.2) is 4.39 Å². The average molecular weight is 306 g/mol. The summed E-state index contributed by atoms with van der Waals surface area (Å²) in [4.78, 5) is 10.2. The van der Waals surface area contributed by atoms with Gasteiger partial charge in [0.05, 0.1) is 9.40 Å². The lowest BCUT2D eigenvalue weighted by molar-refractivity contribution is -0.384. The fraction of sp³-hybridized carbons (Fsp3) is 0.400. The first-order chi connectivity index (χ1) is 8.06. The molecule has 0 aliphatic rings. The van der Waals surface area contributed by atoms with Crippen molar-refractivity contribution in [3.63, 3.8) is 0 Å². The molecule has 0 bridgehead atoms. The van der Waals surface area contributed by atoms with Crippen LogP contribution in [0, 0.1) is 15.9 Å². The van der Waals surface area contributed by atoms with E-state index in [4.69, 9.17) is 0 Å². The van der Waals surface area contributed by atoms with Crippen LogP contribution in [0.3, 0.4) is 0 Å². The van der Waals surface area contributed by atoms with Crippen molar-refractivity contribution in [3.8, 4) is 0 Å². The van der Waals surface area contributed by atoms with Gasteiger partial charge in [-0.3, -0.25) is 10.1 Å². The Morgan fingerprint density at radius 2 is 2.18 bits per heavy atom. The lowest BCUT2D eigenvalue weighted by atomic mass is 10.2. The van der Waals surface area contributed by atoms with E-state index in [0.29, 0.717) is 13.1 Å². The minimum Gasteiger partial charge on any atom is -0.378 e. The number of hydrogen-bond donors (Lipinski definition) is 2. The summed E-state index contributed by atoms with van der Waals surface area (Å²) in [7, 11) is 0. The van der Waals surface area contributed by atoms with Crippen LogP contribution in [-0.4, -0.2) is 24.6 Å². The molecule has 0 spiro atoms. The van der Waals surface area contributed by atoms with E-state index in [0.717, 1.165) is 18.7 Å². The average Bonchev–Trinajstić information content (AvgIpc) is 2.28. The van der Waals surface area contributed by atoms with Crippen molar-refractivity contribution >= 4 is 27.3 Å². The van der Waals surface area contributed by atoms with Crippen molar-refractivity contribution in [2.24, 2.45) is 0 Å². The van der Waals surface area contributed by atoms with Crippen LogP contribution in [0.25, 0.3) is 0 Å². The maximum absolute atomic E-state index is 13.3. The van der Waals surface area contributed by atoms with Gasteiger partial charge in [0.25, 0.3) is 5.69 Å². The van der Waals surface area contributed by atoms with E-state index in [-0.39, 0.29) is 15.8 Å². The molecular weight excluding hydrogens is 293 g/mol. The summed E-state index contributed by atoms with van der Waals surface area (Å²) in [5, 5.41) is 16.7. The molecule has 0 atom stereocenters. The molecule has 0 saturated carbocycles. The first-order valence-corrected chi connectivity index (χ1v) is 5.93. The Kier molecular flexibility index (Phi) is 5.30. The molecule has 1 aromatic carbocycles. The summed E-state index contributed by atoms with van der Waals surface area (Å²) in [6.45, 7) is 3.93. The lowest BCUT2D eigenvalue weighted by Crippen LogP contribution is -2.21. The number of nitro benzene ring substituents is 1. The van der Waals surface area contributed by atoms with Crippen molar-refractivity contribution in [3.05, 3.63) is 32.5 Å². The molecule has 7 heteroatoms. The Hall–Kier alpha value is -1.21. The molecule has 0 radical (unpaired) electrons. The molecule has 0 fully saturated rings. The fourth-order valence-corrected chi connectivity index (χ4v) is 1.62. The number of nitrogens with one attached hydrogen (secondary N) is 2. The number of nitrogens with zero attached hydrogens (tertiary/aromatic N) is 1. The number of halogens is 2. The summed E-state index contributed by atoms with van der Waals surface area (Å²) in [5.41, 5.74) is 0.0448. The van der Waals surface area contributed by atoms with Crippen LogP contribution in [0.15, 0.2) is 16.6 Å². The number of likely N-dealkylation sites (N-methyl/N-ethyl adjacent to an activating group) is 1. The molecule has 1 rings (SSSR count). The van der Waals surface area contributed by atoms with Crippen LogP contribution < -0.4 is 10.6 Å². The molecule has 0 heterocycles. The van der Waals surface area contributed by atoms with Crippen LogP contribution in [0.5, 0.6) is 0 Å². The lowest BCUT2D eigenvalue weighted by Gasteiger charge is -2.08. The van der Waals surface area contributed by atoms with Gasteiger partial charge in [0.1, 0.15) is 11.5 Å². The van der Waals surface area contributed by atoms with E-state index in [2.05, 4.69) is 26.6 Å². The summed E-state index contributed by atoms with van der Waals surface area (Å²) >= 11 is 2.92. The standard InChI is InChI=1S/C10H13BrFN3O2/c1-2-13-3-4-14-9-6-8(12)7(11)5-10(9)15(16)17/h5-6,13-14H,2-4H2,1H3. The van der Waals surface area contributed by atoms with E-state index >= 15 is 0 Å². The second-order valence-electron chi connectivity index (χ2n) is 3.32. The van der Waals surface area contributed by atoms with Crippen molar-refractivity contribution in [1.82, 2.24) is 5.32 Å². The van der Waals surface area contributed by atoms with E-state index < -0.39 is 10.7 Å². The van der Waals surface area contributed by atoms with Crippen LogP contribution in [-0.2, 0) is 0 Å². The molecule has 0 saturated heterocycles. The first kappa shape index (κ1) is 13.9. The Morgan fingerprint density at radius 3 is 2.76 bits per heavy atom. The Labute approximate surface area is 107 Å². The fourth-order valence-electron chi connectivity index (χ4n) is 1.29. The SMILES string of the molecule is CCNCCNc1cc(F)c(Br)cc1[N+](=O)[O-].